The second-order valence-electron chi connectivity index (χ2n) is 6.46. The maximum absolute atomic E-state index is 11.8. The third kappa shape index (κ3) is 6.57. The van der Waals surface area contributed by atoms with E-state index < -0.39 is 0 Å². The molecule has 0 aliphatic heterocycles. The fourth-order valence-corrected chi connectivity index (χ4v) is 2.03. The third-order valence-electron chi connectivity index (χ3n) is 2.99. The van der Waals surface area contributed by atoms with Gasteiger partial charge in [0.15, 0.2) is 0 Å². The average Bonchev–Trinajstić information content (AvgIpc) is 2.35. The van der Waals surface area contributed by atoms with Gasteiger partial charge in [-0.15, -0.1) is 0 Å². The Morgan fingerprint density at radius 1 is 1.25 bits per heavy atom. The summed E-state index contributed by atoms with van der Waals surface area (Å²) in [5.74, 6) is 0. The molecule has 0 fully saturated rings. The van der Waals surface area contributed by atoms with Crippen molar-refractivity contribution in [3.8, 4) is 0 Å². The van der Waals surface area contributed by atoms with Crippen molar-refractivity contribution >= 4 is 6.03 Å². The second-order valence-corrected chi connectivity index (χ2v) is 6.46. The SMILES string of the molecule is Cc1ccc(CNC(=O)NC(CO)CC(C)(C)C)cc1. The van der Waals surface area contributed by atoms with Crippen molar-refractivity contribution in [3.05, 3.63) is 35.4 Å². The van der Waals surface area contributed by atoms with Crippen molar-refractivity contribution in [1.82, 2.24) is 10.6 Å². The fraction of sp³-hybridized carbons (Fsp3) is 0.562. The van der Waals surface area contributed by atoms with E-state index >= 15 is 0 Å². The van der Waals surface area contributed by atoms with E-state index in [-0.39, 0.29) is 24.1 Å². The van der Waals surface area contributed by atoms with Crippen molar-refractivity contribution in [1.29, 1.82) is 0 Å². The van der Waals surface area contributed by atoms with Gasteiger partial charge in [-0.3, -0.25) is 0 Å². The summed E-state index contributed by atoms with van der Waals surface area (Å²) in [6.45, 7) is 8.72. The highest BCUT2D eigenvalue weighted by Gasteiger charge is 2.19. The molecule has 1 atom stereocenters. The van der Waals surface area contributed by atoms with Gasteiger partial charge in [-0.25, -0.2) is 4.79 Å². The number of carbonyl (C=O) groups excluding carboxylic acids is 1. The number of aliphatic hydroxyl groups excluding tert-OH is 1. The molecule has 3 N–H and O–H groups in total. The minimum absolute atomic E-state index is 0.0464. The molecule has 0 radical (unpaired) electrons. The maximum atomic E-state index is 11.8. The molecule has 4 nitrogen and oxygen atoms in total. The number of amides is 2. The lowest BCUT2D eigenvalue weighted by atomic mass is 9.88. The number of hydrogen-bond acceptors (Lipinski definition) is 2. The zero-order chi connectivity index (χ0) is 15.2. The molecular weight excluding hydrogens is 252 g/mol. The van der Waals surface area contributed by atoms with Crippen molar-refractivity contribution in [2.45, 2.75) is 46.7 Å². The molecular formula is C16H26N2O2. The smallest absolute Gasteiger partial charge is 0.315 e. The minimum Gasteiger partial charge on any atom is -0.394 e. The molecule has 0 aromatic heterocycles. The lowest BCUT2D eigenvalue weighted by Gasteiger charge is -2.25. The highest BCUT2D eigenvalue weighted by atomic mass is 16.3. The summed E-state index contributed by atoms with van der Waals surface area (Å²) in [6, 6.07) is 7.57. The molecule has 2 amide bonds. The van der Waals surface area contributed by atoms with Gasteiger partial charge in [0, 0.05) is 6.54 Å². The Hall–Kier alpha value is -1.55. The number of aliphatic hydroxyl groups is 1. The van der Waals surface area contributed by atoms with Gasteiger partial charge in [0.25, 0.3) is 0 Å². The lowest BCUT2D eigenvalue weighted by Crippen LogP contribution is -2.45. The van der Waals surface area contributed by atoms with Crippen LogP contribution in [0.5, 0.6) is 0 Å². The summed E-state index contributed by atoms with van der Waals surface area (Å²) < 4.78 is 0. The van der Waals surface area contributed by atoms with Crippen molar-refractivity contribution in [2.75, 3.05) is 6.61 Å². The number of benzene rings is 1. The van der Waals surface area contributed by atoms with Crippen molar-refractivity contribution < 1.29 is 9.90 Å². The molecule has 1 aromatic rings. The summed E-state index contributed by atoms with van der Waals surface area (Å²) in [4.78, 5) is 11.8. The van der Waals surface area contributed by atoms with Gasteiger partial charge in [-0.05, 0) is 24.3 Å². The Balaban J connectivity index is 2.40. The quantitative estimate of drug-likeness (QED) is 0.775. The number of urea groups is 1. The zero-order valence-electron chi connectivity index (χ0n) is 12.9. The third-order valence-corrected chi connectivity index (χ3v) is 2.99. The van der Waals surface area contributed by atoms with Crippen LogP contribution < -0.4 is 10.6 Å². The standard InChI is InChI=1S/C16H26N2O2/c1-12-5-7-13(8-6-12)10-17-15(20)18-14(11-19)9-16(2,3)4/h5-8,14,19H,9-11H2,1-4H3,(H2,17,18,20). The fourth-order valence-electron chi connectivity index (χ4n) is 2.03. The Morgan fingerprint density at radius 2 is 1.85 bits per heavy atom. The molecule has 0 saturated carbocycles. The minimum atomic E-state index is -0.242. The largest absolute Gasteiger partial charge is 0.394 e. The number of rotatable bonds is 5. The van der Waals surface area contributed by atoms with E-state index in [1.807, 2.05) is 31.2 Å². The molecule has 1 unspecified atom stereocenters. The molecule has 1 aromatic carbocycles. The molecule has 20 heavy (non-hydrogen) atoms. The van der Waals surface area contributed by atoms with Crippen LogP contribution in [0.15, 0.2) is 24.3 Å². The molecule has 0 aliphatic carbocycles. The summed E-state index contributed by atoms with van der Waals surface area (Å²) in [5, 5.41) is 14.9. The monoisotopic (exact) mass is 278 g/mol. The summed E-state index contributed by atoms with van der Waals surface area (Å²) in [6.07, 6.45) is 0.738. The van der Waals surface area contributed by atoms with Crippen LogP contribution in [0.2, 0.25) is 0 Å². The molecule has 0 aliphatic rings. The van der Waals surface area contributed by atoms with E-state index in [0.29, 0.717) is 6.54 Å². The Labute approximate surface area is 121 Å². The molecule has 112 valence electrons. The number of nitrogens with one attached hydrogen (secondary N) is 2. The summed E-state index contributed by atoms with van der Waals surface area (Å²) in [5.41, 5.74) is 2.32. The van der Waals surface area contributed by atoms with Gasteiger partial charge in [0.05, 0.1) is 12.6 Å². The van der Waals surface area contributed by atoms with Gasteiger partial charge >= 0.3 is 6.03 Å². The number of hydrogen-bond donors (Lipinski definition) is 3. The van der Waals surface area contributed by atoms with Crippen LogP contribution in [0.25, 0.3) is 0 Å². The van der Waals surface area contributed by atoms with Gasteiger partial charge < -0.3 is 15.7 Å². The van der Waals surface area contributed by atoms with Crippen LogP contribution in [-0.4, -0.2) is 23.8 Å². The van der Waals surface area contributed by atoms with Crippen LogP contribution in [0.4, 0.5) is 4.79 Å². The molecule has 0 saturated heterocycles. The van der Waals surface area contributed by atoms with Gasteiger partial charge in [-0.2, -0.15) is 0 Å². The Bertz CT molecular complexity index is 421. The topological polar surface area (TPSA) is 61.4 Å². The highest BCUT2D eigenvalue weighted by molar-refractivity contribution is 5.74. The molecule has 0 heterocycles. The molecule has 0 bridgehead atoms. The van der Waals surface area contributed by atoms with Crippen LogP contribution >= 0.6 is 0 Å². The summed E-state index contributed by atoms with van der Waals surface area (Å²) >= 11 is 0. The van der Waals surface area contributed by atoms with Crippen LogP contribution in [0, 0.1) is 12.3 Å². The van der Waals surface area contributed by atoms with Crippen LogP contribution in [-0.2, 0) is 6.54 Å². The van der Waals surface area contributed by atoms with Crippen LogP contribution in [0.3, 0.4) is 0 Å². The van der Waals surface area contributed by atoms with Crippen molar-refractivity contribution in [2.24, 2.45) is 5.41 Å². The predicted octanol–water partition coefficient (Wildman–Crippen LogP) is 2.59. The van der Waals surface area contributed by atoms with E-state index in [0.717, 1.165) is 12.0 Å². The zero-order valence-corrected chi connectivity index (χ0v) is 12.9. The van der Waals surface area contributed by atoms with Gasteiger partial charge in [0.1, 0.15) is 0 Å². The van der Waals surface area contributed by atoms with Crippen molar-refractivity contribution in [3.63, 3.8) is 0 Å². The van der Waals surface area contributed by atoms with Gasteiger partial charge in [-0.1, -0.05) is 50.6 Å². The lowest BCUT2D eigenvalue weighted by molar-refractivity contribution is 0.191. The first-order valence-electron chi connectivity index (χ1n) is 7.01. The van der Waals surface area contributed by atoms with E-state index in [2.05, 4.69) is 31.4 Å². The molecule has 1 rings (SSSR count). The van der Waals surface area contributed by atoms with Gasteiger partial charge in [0.2, 0.25) is 0 Å². The molecule has 0 spiro atoms. The first-order valence-corrected chi connectivity index (χ1v) is 7.01. The predicted molar refractivity (Wildman–Crippen MR) is 81.5 cm³/mol. The first-order chi connectivity index (χ1) is 9.30. The Kier molecular flexibility index (Phi) is 6.02. The number of carbonyl (C=O) groups is 1. The van der Waals surface area contributed by atoms with E-state index in [9.17, 15) is 9.90 Å². The van der Waals surface area contributed by atoms with Crippen LogP contribution in [0.1, 0.15) is 38.3 Å². The average molecular weight is 278 g/mol. The van der Waals surface area contributed by atoms with E-state index in [1.54, 1.807) is 0 Å². The molecule has 4 heteroatoms. The Morgan fingerprint density at radius 3 is 2.35 bits per heavy atom. The summed E-state index contributed by atoms with van der Waals surface area (Å²) in [7, 11) is 0. The van der Waals surface area contributed by atoms with E-state index in [1.165, 1.54) is 5.56 Å². The second kappa shape index (κ2) is 7.29. The first kappa shape index (κ1) is 16.5. The van der Waals surface area contributed by atoms with E-state index in [4.69, 9.17) is 0 Å². The normalized spacial score (nSPS) is 12.8. The maximum Gasteiger partial charge on any atom is 0.315 e. The highest BCUT2D eigenvalue weighted by Crippen LogP contribution is 2.20. The number of aryl methyl sites for hydroxylation is 1.